The fourth-order valence-electron chi connectivity index (χ4n) is 1.59. The van der Waals surface area contributed by atoms with Gasteiger partial charge in [-0.1, -0.05) is 0 Å². The lowest BCUT2D eigenvalue weighted by Crippen LogP contribution is -2.26. The molecule has 18 heavy (non-hydrogen) atoms. The first-order chi connectivity index (χ1) is 8.61. The molecule has 2 heterocycles. The molecule has 0 bridgehead atoms. The normalized spacial score (nSPS) is 10.6. The van der Waals surface area contributed by atoms with Gasteiger partial charge in [0, 0.05) is 21.3 Å². The van der Waals surface area contributed by atoms with Gasteiger partial charge in [-0.2, -0.15) is 5.10 Å². The number of rotatable bonds is 4. The zero-order chi connectivity index (χ0) is 13.1. The van der Waals surface area contributed by atoms with Crippen LogP contribution in [-0.2, 0) is 13.1 Å². The van der Waals surface area contributed by atoms with Gasteiger partial charge in [0.05, 0.1) is 18.4 Å². The molecule has 3 N–H and O–H groups in total. The van der Waals surface area contributed by atoms with Gasteiger partial charge in [-0.05, 0) is 28.9 Å². The minimum absolute atomic E-state index is 0.198. The van der Waals surface area contributed by atoms with Crippen LogP contribution >= 0.6 is 27.3 Å². The average molecular weight is 329 g/mol. The number of nitrogens with zero attached hydrogens (tertiary/aromatic N) is 2. The molecule has 0 aliphatic carbocycles. The smallest absolute Gasteiger partial charge is 0.271 e. The average Bonchev–Trinajstić information content (AvgIpc) is 2.92. The molecule has 5 nitrogen and oxygen atoms in total. The van der Waals surface area contributed by atoms with E-state index in [2.05, 4.69) is 26.3 Å². The van der Waals surface area contributed by atoms with Crippen LogP contribution in [0.2, 0.25) is 0 Å². The van der Waals surface area contributed by atoms with E-state index >= 15 is 0 Å². The molecule has 1 amide bonds. The van der Waals surface area contributed by atoms with Crippen LogP contribution in [0.4, 0.5) is 5.69 Å². The number of carbonyl (C=O) groups excluding carboxylic acids is 1. The molecule has 7 heteroatoms. The fourth-order valence-corrected chi connectivity index (χ4v) is 2.98. The van der Waals surface area contributed by atoms with Gasteiger partial charge >= 0.3 is 0 Å². The molecule has 0 spiro atoms. The van der Waals surface area contributed by atoms with Crippen molar-refractivity contribution < 1.29 is 4.79 Å². The van der Waals surface area contributed by atoms with Gasteiger partial charge in [0.25, 0.3) is 5.91 Å². The Kier molecular flexibility index (Phi) is 4.03. The van der Waals surface area contributed by atoms with Crippen molar-refractivity contribution in [3.63, 3.8) is 0 Å². The van der Waals surface area contributed by atoms with Crippen LogP contribution in [0.3, 0.4) is 0 Å². The van der Waals surface area contributed by atoms with E-state index in [-0.39, 0.29) is 5.91 Å². The summed E-state index contributed by atoms with van der Waals surface area (Å²) in [7, 11) is 0. The van der Waals surface area contributed by atoms with Crippen molar-refractivity contribution in [2.75, 3.05) is 5.73 Å². The number of carbonyl (C=O) groups is 1. The largest absolute Gasteiger partial charge is 0.396 e. The summed E-state index contributed by atoms with van der Waals surface area (Å²) in [5, 5.41) is 8.86. The monoisotopic (exact) mass is 328 g/mol. The Morgan fingerprint density at radius 1 is 1.67 bits per heavy atom. The molecule has 0 aliphatic heterocycles. The molecule has 0 fully saturated rings. The summed E-state index contributed by atoms with van der Waals surface area (Å²) in [6.45, 7) is 3.02. The Labute approximate surface area is 117 Å². The summed E-state index contributed by atoms with van der Waals surface area (Å²) in [6, 6.07) is 1.98. The van der Waals surface area contributed by atoms with E-state index in [1.807, 2.05) is 18.4 Å². The highest BCUT2D eigenvalue weighted by atomic mass is 79.9. The van der Waals surface area contributed by atoms with Gasteiger partial charge in [-0.15, -0.1) is 11.3 Å². The molecule has 2 rings (SSSR count). The first kappa shape index (κ1) is 13.1. The van der Waals surface area contributed by atoms with Crippen molar-refractivity contribution in [2.24, 2.45) is 0 Å². The first-order valence-corrected chi connectivity index (χ1v) is 7.11. The van der Waals surface area contributed by atoms with Crippen LogP contribution < -0.4 is 11.1 Å². The number of thiophene rings is 1. The summed E-state index contributed by atoms with van der Waals surface area (Å²) in [5.41, 5.74) is 6.57. The number of aromatic nitrogens is 2. The summed E-state index contributed by atoms with van der Waals surface area (Å²) < 4.78 is 2.62. The fraction of sp³-hybridized carbons (Fsp3) is 0.273. The molecule has 96 valence electrons. The highest BCUT2D eigenvalue weighted by Crippen LogP contribution is 2.19. The van der Waals surface area contributed by atoms with Gasteiger partial charge in [0.2, 0.25) is 0 Å². The number of anilines is 1. The van der Waals surface area contributed by atoms with E-state index in [9.17, 15) is 4.79 Å². The lowest BCUT2D eigenvalue weighted by Gasteiger charge is -2.06. The second-order valence-corrected chi connectivity index (χ2v) is 5.59. The van der Waals surface area contributed by atoms with E-state index in [4.69, 9.17) is 5.73 Å². The van der Waals surface area contributed by atoms with Crippen molar-refractivity contribution in [1.82, 2.24) is 15.1 Å². The van der Waals surface area contributed by atoms with E-state index < -0.39 is 0 Å². The van der Waals surface area contributed by atoms with Gasteiger partial charge in [0.15, 0.2) is 0 Å². The van der Waals surface area contributed by atoms with Crippen molar-refractivity contribution in [3.05, 3.63) is 32.7 Å². The number of aryl methyl sites for hydroxylation is 1. The molecule has 0 saturated heterocycles. The lowest BCUT2D eigenvalue weighted by molar-refractivity contribution is 0.0941. The molecule has 2 aromatic rings. The Morgan fingerprint density at radius 3 is 3.06 bits per heavy atom. The number of nitrogens with two attached hydrogens (primary N) is 1. The van der Waals surface area contributed by atoms with E-state index in [1.165, 1.54) is 6.20 Å². The van der Waals surface area contributed by atoms with Crippen LogP contribution in [0.1, 0.15) is 22.3 Å². The van der Waals surface area contributed by atoms with Crippen LogP contribution in [0.25, 0.3) is 0 Å². The van der Waals surface area contributed by atoms with E-state index in [0.29, 0.717) is 24.5 Å². The summed E-state index contributed by atoms with van der Waals surface area (Å²) in [5.74, 6) is -0.198. The third kappa shape index (κ3) is 2.73. The zero-order valence-electron chi connectivity index (χ0n) is 9.81. The van der Waals surface area contributed by atoms with Crippen molar-refractivity contribution in [2.45, 2.75) is 20.0 Å². The minimum Gasteiger partial charge on any atom is -0.396 e. The maximum absolute atomic E-state index is 12.0. The predicted octanol–water partition coefficient (Wildman–Crippen LogP) is 2.24. The number of nitrogens with one attached hydrogen (secondary N) is 1. The zero-order valence-corrected chi connectivity index (χ0v) is 12.2. The van der Waals surface area contributed by atoms with Crippen LogP contribution in [0.15, 0.2) is 22.1 Å². The molecule has 2 aromatic heterocycles. The van der Waals surface area contributed by atoms with Crippen LogP contribution in [0.5, 0.6) is 0 Å². The minimum atomic E-state index is -0.198. The van der Waals surface area contributed by atoms with Crippen molar-refractivity contribution >= 4 is 38.9 Å². The number of amides is 1. The maximum atomic E-state index is 12.0. The van der Waals surface area contributed by atoms with Gasteiger partial charge in [-0.25, -0.2) is 0 Å². The summed E-state index contributed by atoms with van der Waals surface area (Å²) >= 11 is 4.96. The second-order valence-electron chi connectivity index (χ2n) is 3.68. The Bertz CT molecular complexity index is 563. The maximum Gasteiger partial charge on any atom is 0.271 e. The Morgan fingerprint density at radius 2 is 2.44 bits per heavy atom. The van der Waals surface area contributed by atoms with E-state index in [0.717, 1.165) is 9.35 Å². The molecular formula is C11H13BrN4OS. The topological polar surface area (TPSA) is 72.9 Å². The molecule has 0 aromatic carbocycles. The second kappa shape index (κ2) is 5.53. The third-order valence-electron chi connectivity index (χ3n) is 2.43. The van der Waals surface area contributed by atoms with Crippen LogP contribution in [-0.4, -0.2) is 15.7 Å². The molecular weight excluding hydrogens is 316 g/mol. The highest BCUT2D eigenvalue weighted by Gasteiger charge is 2.15. The first-order valence-electron chi connectivity index (χ1n) is 5.44. The standard InChI is InChI=1S/C11H13BrN4OS/c1-2-16-10(9(13)5-15-16)11(17)14-4-8-3-7(12)6-18-8/h3,5-6H,2,4,13H2,1H3,(H,14,17). The lowest BCUT2D eigenvalue weighted by atomic mass is 10.3. The number of hydrogen-bond acceptors (Lipinski definition) is 4. The summed E-state index contributed by atoms with van der Waals surface area (Å²) in [6.07, 6.45) is 1.50. The quantitative estimate of drug-likeness (QED) is 0.903. The van der Waals surface area contributed by atoms with E-state index in [1.54, 1.807) is 16.0 Å². The molecule has 0 unspecified atom stereocenters. The van der Waals surface area contributed by atoms with Crippen molar-refractivity contribution in [3.8, 4) is 0 Å². The molecule has 0 atom stereocenters. The Hall–Kier alpha value is -1.34. The SMILES string of the molecule is CCn1ncc(N)c1C(=O)NCc1cc(Br)cs1. The molecule has 0 radical (unpaired) electrons. The predicted molar refractivity (Wildman–Crippen MR) is 75.5 cm³/mol. The highest BCUT2D eigenvalue weighted by molar-refractivity contribution is 9.10. The van der Waals surface area contributed by atoms with Crippen molar-refractivity contribution in [1.29, 1.82) is 0 Å². The van der Waals surface area contributed by atoms with Gasteiger partial charge in [0.1, 0.15) is 5.69 Å². The molecule has 0 saturated carbocycles. The summed E-state index contributed by atoms with van der Waals surface area (Å²) in [4.78, 5) is 13.1. The Balaban J connectivity index is 2.05. The number of hydrogen-bond donors (Lipinski definition) is 2. The number of halogens is 1. The van der Waals surface area contributed by atoms with Gasteiger partial charge in [-0.3, -0.25) is 9.48 Å². The molecule has 0 aliphatic rings. The van der Waals surface area contributed by atoms with Gasteiger partial charge < -0.3 is 11.1 Å². The number of nitrogen functional groups attached to an aromatic ring is 1. The third-order valence-corrected chi connectivity index (χ3v) is 4.12. The van der Waals surface area contributed by atoms with Crippen LogP contribution in [0, 0.1) is 0 Å².